The SMILES string of the molecule is CCCCCC/C=C\CCCCCCCC(=O)O[C@H](COC(=O)CCCCCCCCC/C=C\CCCCCCCCCC)COP(=O)([O-])OCC[N+](C)(C)C. The molecule has 0 aromatic rings. The first kappa shape index (κ1) is 54.5. The summed E-state index contributed by atoms with van der Waals surface area (Å²) in [5, 5.41) is 0. The standard InChI is InChI=1S/C46H88NO8P/c1-6-8-10-12-14-16-18-20-21-22-23-24-25-27-28-30-32-34-36-38-45(48)52-42-44(43-54-56(50,51)53-41-40-47(3,4)5)55-46(49)39-37-35-33-31-29-26-19-17-15-13-11-9-7-2/h17,19,22-23,44H,6-16,18,20-21,24-43H2,1-5H3/b19-17-,23-22-/t44-/m1/s1. The van der Waals surface area contributed by atoms with Gasteiger partial charge in [0.15, 0.2) is 6.10 Å². The Morgan fingerprint density at radius 1 is 0.536 bits per heavy atom. The monoisotopic (exact) mass is 814 g/mol. The van der Waals surface area contributed by atoms with Crippen LogP contribution < -0.4 is 4.89 Å². The van der Waals surface area contributed by atoms with Crippen LogP contribution in [-0.4, -0.2) is 70.0 Å². The zero-order valence-corrected chi connectivity index (χ0v) is 38.0. The first-order valence-corrected chi connectivity index (χ1v) is 24.5. The van der Waals surface area contributed by atoms with Crippen molar-refractivity contribution < 1.29 is 42.1 Å². The molecule has 1 unspecified atom stereocenters. The molecular formula is C46H88NO8P. The second kappa shape index (κ2) is 39.0. The third kappa shape index (κ3) is 42.1. The average molecular weight is 814 g/mol. The molecule has 330 valence electrons. The van der Waals surface area contributed by atoms with E-state index in [1.807, 2.05) is 21.1 Å². The highest BCUT2D eigenvalue weighted by molar-refractivity contribution is 7.45. The summed E-state index contributed by atoms with van der Waals surface area (Å²) in [4.78, 5) is 37.5. The summed E-state index contributed by atoms with van der Waals surface area (Å²) in [6.45, 7) is 4.21. The van der Waals surface area contributed by atoms with Crippen LogP contribution in [0.5, 0.6) is 0 Å². The number of phosphoric ester groups is 1. The van der Waals surface area contributed by atoms with Crippen LogP contribution >= 0.6 is 7.82 Å². The summed E-state index contributed by atoms with van der Waals surface area (Å²) in [5.74, 6) is -0.845. The summed E-state index contributed by atoms with van der Waals surface area (Å²) in [7, 11) is 1.16. The number of phosphoric acid groups is 1. The average Bonchev–Trinajstić information content (AvgIpc) is 3.15. The topological polar surface area (TPSA) is 111 Å². The number of quaternary nitrogens is 1. The van der Waals surface area contributed by atoms with Gasteiger partial charge in [-0.05, 0) is 64.2 Å². The molecule has 0 aromatic heterocycles. The van der Waals surface area contributed by atoms with E-state index in [4.69, 9.17) is 18.5 Å². The molecule has 0 radical (unpaired) electrons. The van der Waals surface area contributed by atoms with Crippen molar-refractivity contribution in [1.82, 2.24) is 0 Å². The molecule has 0 aliphatic carbocycles. The van der Waals surface area contributed by atoms with Gasteiger partial charge < -0.3 is 27.9 Å². The van der Waals surface area contributed by atoms with Crippen molar-refractivity contribution in [2.24, 2.45) is 0 Å². The normalized spacial score (nSPS) is 13.8. The first-order chi connectivity index (χ1) is 27.0. The van der Waals surface area contributed by atoms with Crippen LogP contribution in [0.25, 0.3) is 0 Å². The van der Waals surface area contributed by atoms with Gasteiger partial charge in [-0.2, -0.15) is 0 Å². The van der Waals surface area contributed by atoms with E-state index in [1.54, 1.807) is 0 Å². The fourth-order valence-corrected chi connectivity index (χ4v) is 7.02. The van der Waals surface area contributed by atoms with Crippen LogP contribution in [0.15, 0.2) is 24.3 Å². The number of ether oxygens (including phenoxy) is 2. The van der Waals surface area contributed by atoms with E-state index in [0.717, 1.165) is 64.2 Å². The molecule has 0 aliphatic rings. The number of unbranched alkanes of at least 4 members (excludes halogenated alkanes) is 24. The Hall–Kier alpha value is -1.51. The van der Waals surface area contributed by atoms with Gasteiger partial charge in [0.1, 0.15) is 19.8 Å². The molecule has 0 spiro atoms. The van der Waals surface area contributed by atoms with Crippen LogP contribution in [0.2, 0.25) is 0 Å². The maximum Gasteiger partial charge on any atom is 0.306 e. The second-order valence-electron chi connectivity index (χ2n) is 16.8. The van der Waals surface area contributed by atoms with E-state index >= 15 is 0 Å². The van der Waals surface area contributed by atoms with Crippen LogP contribution in [0.4, 0.5) is 0 Å². The van der Waals surface area contributed by atoms with Gasteiger partial charge in [0.2, 0.25) is 0 Å². The summed E-state index contributed by atoms with van der Waals surface area (Å²) in [6.07, 6.45) is 42.0. The van der Waals surface area contributed by atoms with Crippen molar-refractivity contribution in [3.63, 3.8) is 0 Å². The van der Waals surface area contributed by atoms with Crippen LogP contribution in [0.1, 0.15) is 206 Å². The molecule has 0 rings (SSSR count). The third-order valence-electron chi connectivity index (χ3n) is 9.94. The number of carbonyl (C=O) groups is 2. The molecule has 0 aromatic carbocycles. The minimum absolute atomic E-state index is 0.0319. The number of carbonyl (C=O) groups excluding carboxylic acids is 2. The molecule has 0 fully saturated rings. The highest BCUT2D eigenvalue weighted by Crippen LogP contribution is 2.38. The Bertz CT molecular complexity index is 1010. The van der Waals surface area contributed by atoms with Gasteiger partial charge in [-0.1, -0.05) is 154 Å². The van der Waals surface area contributed by atoms with Gasteiger partial charge in [0.25, 0.3) is 7.82 Å². The van der Waals surface area contributed by atoms with Gasteiger partial charge >= 0.3 is 11.9 Å². The van der Waals surface area contributed by atoms with Gasteiger partial charge in [0.05, 0.1) is 27.7 Å². The maximum atomic E-state index is 12.7. The lowest BCUT2D eigenvalue weighted by Gasteiger charge is -2.28. The molecule has 0 aliphatic heterocycles. The lowest BCUT2D eigenvalue weighted by Crippen LogP contribution is -2.37. The number of hydrogen-bond acceptors (Lipinski definition) is 8. The molecule has 10 heteroatoms. The van der Waals surface area contributed by atoms with E-state index in [2.05, 4.69) is 38.2 Å². The predicted octanol–water partition coefficient (Wildman–Crippen LogP) is 12.5. The van der Waals surface area contributed by atoms with Crippen molar-refractivity contribution in [2.45, 2.75) is 213 Å². The number of hydrogen-bond donors (Lipinski definition) is 0. The van der Waals surface area contributed by atoms with E-state index in [1.165, 1.54) is 109 Å². The Balaban J connectivity index is 4.30. The minimum Gasteiger partial charge on any atom is -0.756 e. The van der Waals surface area contributed by atoms with Crippen molar-refractivity contribution in [2.75, 3.05) is 47.5 Å². The van der Waals surface area contributed by atoms with Crippen molar-refractivity contribution in [1.29, 1.82) is 0 Å². The summed E-state index contributed by atoms with van der Waals surface area (Å²) >= 11 is 0. The Morgan fingerprint density at radius 2 is 0.911 bits per heavy atom. The first-order valence-electron chi connectivity index (χ1n) is 23.0. The number of allylic oxidation sites excluding steroid dienone is 4. The number of nitrogens with zero attached hydrogens (tertiary/aromatic N) is 1. The molecule has 9 nitrogen and oxygen atoms in total. The molecule has 0 saturated carbocycles. The second-order valence-corrected chi connectivity index (χ2v) is 18.2. The molecular weight excluding hydrogens is 725 g/mol. The molecule has 0 bridgehead atoms. The summed E-state index contributed by atoms with van der Waals surface area (Å²) in [5.41, 5.74) is 0. The van der Waals surface area contributed by atoms with Crippen molar-refractivity contribution >= 4 is 19.8 Å². The third-order valence-corrected chi connectivity index (χ3v) is 10.9. The fourth-order valence-electron chi connectivity index (χ4n) is 6.29. The summed E-state index contributed by atoms with van der Waals surface area (Å²) in [6, 6.07) is 0. The van der Waals surface area contributed by atoms with Gasteiger partial charge in [-0.3, -0.25) is 14.2 Å². The van der Waals surface area contributed by atoms with Crippen LogP contribution in [0, 0.1) is 0 Å². The molecule has 0 amide bonds. The fraction of sp³-hybridized carbons (Fsp3) is 0.870. The van der Waals surface area contributed by atoms with E-state index in [0.29, 0.717) is 17.4 Å². The van der Waals surface area contributed by atoms with Gasteiger partial charge in [-0.25, -0.2) is 0 Å². The number of esters is 2. The highest BCUT2D eigenvalue weighted by Gasteiger charge is 2.21. The molecule has 0 N–H and O–H groups in total. The van der Waals surface area contributed by atoms with E-state index in [-0.39, 0.29) is 32.0 Å². The maximum absolute atomic E-state index is 12.7. The quantitative estimate of drug-likeness (QED) is 0.0197. The van der Waals surface area contributed by atoms with Crippen molar-refractivity contribution in [3.8, 4) is 0 Å². The van der Waals surface area contributed by atoms with E-state index in [9.17, 15) is 19.0 Å². The Labute approximate surface area is 345 Å². The Kier molecular flexibility index (Phi) is 37.9. The van der Waals surface area contributed by atoms with Crippen LogP contribution in [0.3, 0.4) is 0 Å². The molecule has 56 heavy (non-hydrogen) atoms. The number of rotatable bonds is 42. The molecule has 0 saturated heterocycles. The van der Waals surface area contributed by atoms with Gasteiger partial charge in [0, 0.05) is 12.8 Å². The van der Waals surface area contributed by atoms with E-state index < -0.39 is 26.5 Å². The largest absolute Gasteiger partial charge is 0.756 e. The van der Waals surface area contributed by atoms with Crippen molar-refractivity contribution in [3.05, 3.63) is 24.3 Å². The zero-order valence-electron chi connectivity index (χ0n) is 37.1. The lowest BCUT2D eigenvalue weighted by atomic mass is 10.1. The summed E-state index contributed by atoms with van der Waals surface area (Å²) < 4.78 is 33.9. The van der Waals surface area contributed by atoms with Gasteiger partial charge in [-0.15, -0.1) is 0 Å². The molecule has 2 atom stereocenters. The smallest absolute Gasteiger partial charge is 0.306 e. The number of likely N-dealkylation sites (N-methyl/N-ethyl adjacent to an activating group) is 1. The lowest BCUT2D eigenvalue weighted by molar-refractivity contribution is -0.870. The minimum atomic E-state index is -4.62. The van der Waals surface area contributed by atoms with Crippen LogP contribution in [-0.2, 0) is 32.7 Å². The Morgan fingerprint density at radius 3 is 1.34 bits per heavy atom. The predicted molar refractivity (Wildman–Crippen MR) is 231 cm³/mol. The highest BCUT2D eigenvalue weighted by atomic mass is 31.2. The zero-order chi connectivity index (χ0) is 41.4. The molecule has 0 heterocycles.